The molecule has 0 bridgehead atoms. The van der Waals surface area contributed by atoms with Crippen LogP contribution in [0, 0.1) is 0 Å². The van der Waals surface area contributed by atoms with Gasteiger partial charge in [-0.15, -0.1) is 0 Å². The van der Waals surface area contributed by atoms with E-state index in [2.05, 4.69) is 35.2 Å². The summed E-state index contributed by atoms with van der Waals surface area (Å²) in [5.41, 5.74) is 10.3. The molecule has 1 heterocycles. The van der Waals surface area contributed by atoms with E-state index in [0.717, 1.165) is 37.6 Å². The van der Waals surface area contributed by atoms with E-state index >= 15 is 0 Å². The number of hydrogen-bond donors (Lipinski definition) is 1. The molecule has 3 nitrogen and oxygen atoms in total. The zero-order valence-corrected chi connectivity index (χ0v) is 10.9. The van der Waals surface area contributed by atoms with Gasteiger partial charge in [0.25, 0.3) is 0 Å². The van der Waals surface area contributed by atoms with Crippen molar-refractivity contribution in [1.29, 1.82) is 0 Å². The van der Waals surface area contributed by atoms with Crippen LogP contribution >= 0.6 is 0 Å². The topological polar surface area (TPSA) is 38.5 Å². The number of nitrogens with zero attached hydrogens (tertiary/aromatic N) is 1. The Bertz CT molecular complexity index is 562. The molecule has 0 saturated carbocycles. The third kappa shape index (κ3) is 2.71. The fourth-order valence-electron chi connectivity index (χ4n) is 2.42. The molecule has 2 N–H and O–H groups in total. The Kier molecular flexibility index (Phi) is 3.38. The molecule has 1 aliphatic heterocycles. The van der Waals surface area contributed by atoms with E-state index < -0.39 is 0 Å². The van der Waals surface area contributed by atoms with Crippen molar-refractivity contribution < 1.29 is 4.74 Å². The quantitative estimate of drug-likeness (QED) is 0.837. The van der Waals surface area contributed by atoms with Crippen LogP contribution in [0.25, 0.3) is 11.1 Å². The van der Waals surface area contributed by atoms with Crippen molar-refractivity contribution in [2.75, 3.05) is 36.9 Å². The maximum Gasteiger partial charge on any atom is 0.0642 e. The minimum absolute atomic E-state index is 0.800. The van der Waals surface area contributed by atoms with Crippen LogP contribution < -0.4 is 10.6 Å². The lowest BCUT2D eigenvalue weighted by atomic mass is 10.0. The first-order chi connectivity index (χ1) is 9.33. The van der Waals surface area contributed by atoms with E-state index in [-0.39, 0.29) is 0 Å². The van der Waals surface area contributed by atoms with E-state index in [9.17, 15) is 0 Å². The molecule has 3 heteroatoms. The first kappa shape index (κ1) is 12.1. The summed E-state index contributed by atoms with van der Waals surface area (Å²) in [4.78, 5) is 2.36. The SMILES string of the molecule is Nc1cccc(-c2cccc(N3CCOCC3)c2)c1. The number of nitrogen functional groups attached to an aromatic ring is 1. The van der Waals surface area contributed by atoms with Gasteiger partial charge in [-0.2, -0.15) is 0 Å². The monoisotopic (exact) mass is 254 g/mol. The van der Waals surface area contributed by atoms with Gasteiger partial charge in [-0.3, -0.25) is 0 Å². The van der Waals surface area contributed by atoms with E-state index in [1.54, 1.807) is 0 Å². The number of benzene rings is 2. The predicted octanol–water partition coefficient (Wildman–Crippen LogP) is 2.77. The van der Waals surface area contributed by atoms with Gasteiger partial charge in [-0.05, 0) is 35.4 Å². The van der Waals surface area contributed by atoms with Gasteiger partial charge in [0.15, 0.2) is 0 Å². The first-order valence-electron chi connectivity index (χ1n) is 6.61. The van der Waals surface area contributed by atoms with Crippen LogP contribution in [0.4, 0.5) is 11.4 Å². The van der Waals surface area contributed by atoms with Gasteiger partial charge in [0.05, 0.1) is 13.2 Å². The molecule has 0 amide bonds. The van der Waals surface area contributed by atoms with E-state index in [1.165, 1.54) is 11.3 Å². The number of nitrogens with two attached hydrogens (primary N) is 1. The van der Waals surface area contributed by atoms with Crippen molar-refractivity contribution in [1.82, 2.24) is 0 Å². The average molecular weight is 254 g/mol. The molecular weight excluding hydrogens is 236 g/mol. The van der Waals surface area contributed by atoms with Crippen molar-refractivity contribution in [2.45, 2.75) is 0 Å². The van der Waals surface area contributed by atoms with Crippen LogP contribution in [0.1, 0.15) is 0 Å². The highest BCUT2D eigenvalue weighted by Gasteiger charge is 2.11. The molecule has 0 radical (unpaired) electrons. The number of anilines is 2. The molecule has 2 aromatic rings. The van der Waals surface area contributed by atoms with Gasteiger partial charge < -0.3 is 15.4 Å². The molecule has 0 atom stereocenters. The normalized spacial score (nSPS) is 15.5. The predicted molar refractivity (Wildman–Crippen MR) is 79.3 cm³/mol. The van der Waals surface area contributed by atoms with Gasteiger partial charge in [0, 0.05) is 24.5 Å². The summed E-state index contributed by atoms with van der Waals surface area (Å²) in [5, 5.41) is 0. The molecule has 0 aromatic heterocycles. The van der Waals surface area contributed by atoms with Crippen molar-refractivity contribution in [3.63, 3.8) is 0 Å². The molecule has 2 aromatic carbocycles. The molecule has 98 valence electrons. The second-order valence-corrected chi connectivity index (χ2v) is 4.78. The van der Waals surface area contributed by atoms with Gasteiger partial charge in [-0.25, -0.2) is 0 Å². The number of ether oxygens (including phenoxy) is 1. The Morgan fingerprint density at radius 2 is 1.58 bits per heavy atom. The molecule has 0 aliphatic carbocycles. The summed E-state index contributed by atoms with van der Waals surface area (Å²) < 4.78 is 5.39. The van der Waals surface area contributed by atoms with Crippen LogP contribution in [0.5, 0.6) is 0 Å². The lowest BCUT2D eigenvalue weighted by molar-refractivity contribution is 0.122. The van der Waals surface area contributed by atoms with Crippen molar-refractivity contribution in [2.24, 2.45) is 0 Å². The van der Waals surface area contributed by atoms with Crippen LogP contribution in [-0.4, -0.2) is 26.3 Å². The molecule has 3 rings (SSSR count). The van der Waals surface area contributed by atoms with Crippen LogP contribution in [-0.2, 0) is 4.74 Å². The lowest BCUT2D eigenvalue weighted by Gasteiger charge is -2.29. The lowest BCUT2D eigenvalue weighted by Crippen LogP contribution is -2.36. The van der Waals surface area contributed by atoms with Gasteiger partial charge in [-0.1, -0.05) is 24.3 Å². The smallest absolute Gasteiger partial charge is 0.0642 e. The van der Waals surface area contributed by atoms with Gasteiger partial charge in [0.1, 0.15) is 0 Å². The highest BCUT2D eigenvalue weighted by Crippen LogP contribution is 2.26. The fraction of sp³-hybridized carbons (Fsp3) is 0.250. The van der Waals surface area contributed by atoms with Crippen molar-refractivity contribution >= 4 is 11.4 Å². The molecule has 1 aliphatic rings. The second-order valence-electron chi connectivity index (χ2n) is 4.78. The third-order valence-corrected chi connectivity index (χ3v) is 3.44. The largest absolute Gasteiger partial charge is 0.399 e. The van der Waals surface area contributed by atoms with Gasteiger partial charge in [0.2, 0.25) is 0 Å². The van der Waals surface area contributed by atoms with Crippen LogP contribution in [0.2, 0.25) is 0 Å². The molecule has 1 saturated heterocycles. The minimum atomic E-state index is 0.800. The number of rotatable bonds is 2. The fourth-order valence-corrected chi connectivity index (χ4v) is 2.42. The molecule has 0 spiro atoms. The summed E-state index contributed by atoms with van der Waals surface area (Å²) in [7, 11) is 0. The van der Waals surface area contributed by atoms with E-state index in [0.29, 0.717) is 0 Å². The molecule has 1 fully saturated rings. The van der Waals surface area contributed by atoms with Gasteiger partial charge >= 0.3 is 0 Å². The Hall–Kier alpha value is -2.00. The molecule has 19 heavy (non-hydrogen) atoms. The van der Waals surface area contributed by atoms with E-state index in [1.807, 2.05) is 18.2 Å². The maximum atomic E-state index is 5.85. The highest BCUT2D eigenvalue weighted by atomic mass is 16.5. The summed E-state index contributed by atoms with van der Waals surface area (Å²) in [5.74, 6) is 0. The first-order valence-corrected chi connectivity index (χ1v) is 6.61. The zero-order chi connectivity index (χ0) is 13.1. The zero-order valence-electron chi connectivity index (χ0n) is 10.9. The average Bonchev–Trinajstić information content (AvgIpc) is 2.48. The Morgan fingerprint density at radius 1 is 0.895 bits per heavy atom. The van der Waals surface area contributed by atoms with Crippen molar-refractivity contribution in [3.05, 3.63) is 48.5 Å². The number of hydrogen-bond acceptors (Lipinski definition) is 3. The maximum absolute atomic E-state index is 5.85. The second kappa shape index (κ2) is 5.33. The summed E-state index contributed by atoms with van der Waals surface area (Å²) in [6.07, 6.45) is 0. The number of morpholine rings is 1. The summed E-state index contributed by atoms with van der Waals surface area (Å²) in [6.45, 7) is 3.53. The van der Waals surface area contributed by atoms with Crippen molar-refractivity contribution in [3.8, 4) is 11.1 Å². The Balaban J connectivity index is 1.91. The van der Waals surface area contributed by atoms with Crippen LogP contribution in [0.3, 0.4) is 0 Å². The van der Waals surface area contributed by atoms with E-state index in [4.69, 9.17) is 10.5 Å². The third-order valence-electron chi connectivity index (χ3n) is 3.44. The molecular formula is C16H18N2O. The highest BCUT2D eigenvalue weighted by molar-refractivity contribution is 5.71. The summed E-state index contributed by atoms with van der Waals surface area (Å²) >= 11 is 0. The Labute approximate surface area is 113 Å². The molecule has 0 unspecified atom stereocenters. The minimum Gasteiger partial charge on any atom is -0.399 e. The summed E-state index contributed by atoms with van der Waals surface area (Å²) in [6, 6.07) is 16.6. The Morgan fingerprint density at radius 3 is 2.32 bits per heavy atom. The van der Waals surface area contributed by atoms with Crippen LogP contribution in [0.15, 0.2) is 48.5 Å². The standard InChI is InChI=1S/C16H18N2O/c17-15-5-1-3-13(11-15)14-4-2-6-16(12-14)18-7-9-19-10-8-18/h1-6,11-12H,7-10,17H2.